The average Bonchev–Trinajstić information content (AvgIpc) is 3.30. The summed E-state index contributed by atoms with van der Waals surface area (Å²) < 4.78 is 0. The molecule has 1 heterocycles. The van der Waals surface area contributed by atoms with Gasteiger partial charge in [0.15, 0.2) is 0 Å². The first kappa shape index (κ1) is 13.9. The van der Waals surface area contributed by atoms with Crippen molar-refractivity contribution in [3.63, 3.8) is 0 Å². The van der Waals surface area contributed by atoms with Crippen molar-refractivity contribution < 1.29 is 14.7 Å². The largest absolute Gasteiger partial charge is 0.481 e. The summed E-state index contributed by atoms with van der Waals surface area (Å²) in [5.74, 6) is -0.515. The highest BCUT2D eigenvalue weighted by Crippen LogP contribution is 2.34. The van der Waals surface area contributed by atoms with Crippen LogP contribution in [-0.2, 0) is 17.8 Å². The number of carboxylic acids is 1. The van der Waals surface area contributed by atoms with Crippen LogP contribution in [0.4, 0.5) is 4.79 Å². The fourth-order valence-corrected chi connectivity index (χ4v) is 2.94. The van der Waals surface area contributed by atoms with Crippen LogP contribution in [0.5, 0.6) is 0 Å². The molecule has 1 fully saturated rings. The molecule has 0 aromatic heterocycles. The number of nitrogens with zero attached hydrogens (tertiary/aromatic N) is 1. The molecule has 0 radical (unpaired) electrons. The lowest BCUT2D eigenvalue weighted by molar-refractivity contribution is -0.137. The third-order valence-electron chi connectivity index (χ3n) is 4.31. The Kier molecular flexibility index (Phi) is 3.82. The second kappa shape index (κ2) is 5.76. The summed E-state index contributed by atoms with van der Waals surface area (Å²) in [6.07, 6.45) is 2.90. The number of benzene rings is 1. The molecule has 1 aromatic rings. The number of nitrogens with one attached hydrogen (secondary N) is 1. The quantitative estimate of drug-likeness (QED) is 0.890. The molecule has 2 N–H and O–H groups in total. The van der Waals surface area contributed by atoms with Crippen molar-refractivity contribution in [2.45, 2.75) is 38.3 Å². The minimum atomic E-state index is -0.851. The van der Waals surface area contributed by atoms with Gasteiger partial charge in [-0.05, 0) is 36.3 Å². The number of carbonyl (C=O) groups is 2. The predicted octanol–water partition coefficient (Wildman–Crippen LogP) is 2.01. The fourth-order valence-electron chi connectivity index (χ4n) is 2.94. The summed E-state index contributed by atoms with van der Waals surface area (Å²) in [5, 5.41) is 11.9. The van der Waals surface area contributed by atoms with E-state index in [-0.39, 0.29) is 18.5 Å². The monoisotopic (exact) mass is 288 g/mol. The van der Waals surface area contributed by atoms with Crippen LogP contribution >= 0.6 is 0 Å². The molecule has 1 aromatic carbocycles. The Morgan fingerprint density at radius 1 is 1.29 bits per heavy atom. The van der Waals surface area contributed by atoms with E-state index >= 15 is 0 Å². The molecule has 1 aliphatic carbocycles. The van der Waals surface area contributed by atoms with Crippen LogP contribution in [0.3, 0.4) is 0 Å². The highest BCUT2D eigenvalue weighted by atomic mass is 16.4. The van der Waals surface area contributed by atoms with E-state index in [1.807, 2.05) is 18.2 Å². The van der Waals surface area contributed by atoms with E-state index in [0.717, 1.165) is 19.3 Å². The van der Waals surface area contributed by atoms with Gasteiger partial charge in [-0.1, -0.05) is 24.3 Å². The summed E-state index contributed by atoms with van der Waals surface area (Å²) in [6.45, 7) is 1.29. The summed E-state index contributed by atoms with van der Waals surface area (Å²) in [7, 11) is 0. The van der Waals surface area contributed by atoms with Crippen molar-refractivity contribution in [3.05, 3.63) is 35.4 Å². The number of carboxylic acid groups (broad SMARTS) is 1. The number of urea groups is 1. The number of amides is 2. The Morgan fingerprint density at radius 3 is 2.67 bits per heavy atom. The molecule has 0 bridgehead atoms. The third kappa shape index (κ3) is 3.35. The van der Waals surface area contributed by atoms with Crippen LogP contribution in [-0.4, -0.2) is 34.6 Å². The normalized spacial score (nSPS) is 18.8. The van der Waals surface area contributed by atoms with E-state index < -0.39 is 5.97 Å². The molecule has 3 rings (SSSR count). The minimum Gasteiger partial charge on any atom is -0.481 e. The van der Waals surface area contributed by atoms with Gasteiger partial charge in [0.1, 0.15) is 0 Å². The van der Waals surface area contributed by atoms with E-state index in [2.05, 4.69) is 11.4 Å². The topological polar surface area (TPSA) is 69.6 Å². The van der Waals surface area contributed by atoms with Gasteiger partial charge in [-0.2, -0.15) is 0 Å². The van der Waals surface area contributed by atoms with E-state index in [9.17, 15) is 9.59 Å². The number of hydrogen-bond donors (Lipinski definition) is 2. The van der Waals surface area contributed by atoms with Gasteiger partial charge < -0.3 is 15.3 Å². The standard InChI is InChI=1S/C16H20N2O3/c19-15(20)9-14(12-5-6-12)17-16(21)18-8-7-11-3-1-2-4-13(11)10-18/h1-4,12,14H,5-10H2,(H,17,21)(H,19,20). The predicted molar refractivity (Wildman–Crippen MR) is 77.9 cm³/mol. The van der Waals surface area contributed by atoms with E-state index in [0.29, 0.717) is 19.0 Å². The minimum absolute atomic E-state index is 0.0147. The van der Waals surface area contributed by atoms with Crippen LogP contribution in [0.1, 0.15) is 30.4 Å². The molecule has 112 valence electrons. The van der Waals surface area contributed by atoms with Gasteiger partial charge in [-0.15, -0.1) is 0 Å². The first-order valence-corrected chi connectivity index (χ1v) is 7.47. The van der Waals surface area contributed by atoms with E-state index in [1.54, 1.807) is 4.90 Å². The lowest BCUT2D eigenvalue weighted by Gasteiger charge is -2.30. The molecule has 5 heteroatoms. The van der Waals surface area contributed by atoms with Gasteiger partial charge in [0.05, 0.1) is 6.42 Å². The van der Waals surface area contributed by atoms with Crippen LogP contribution in [0, 0.1) is 5.92 Å². The molecule has 5 nitrogen and oxygen atoms in total. The Labute approximate surface area is 123 Å². The van der Waals surface area contributed by atoms with Gasteiger partial charge in [-0.25, -0.2) is 4.79 Å². The molecule has 0 spiro atoms. The zero-order valence-corrected chi connectivity index (χ0v) is 11.9. The lowest BCUT2D eigenvalue weighted by atomic mass is 10.0. The number of fused-ring (bicyclic) bond motifs is 1. The maximum absolute atomic E-state index is 12.4. The molecule has 2 aliphatic rings. The van der Waals surface area contributed by atoms with Gasteiger partial charge in [-0.3, -0.25) is 4.79 Å². The zero-order valence-electron chi connectivity index (χ0n) is 11.9. The van der Waals surface area contributed by atoms with Crippen LogP contribution in [0.15, 0.2) is 24.3 Å². The molecule has 1 unspecified atom stereocenters. The molecule has 21 heavy (non-hydrogen) atoms. The average molecular weight is 288 g/mol. The number of hydrogen-bond acceptors (Lipinski definition) is 2. The van der Waals surface area contributed by atoms with Crippen molar-refractivity contribution in [2.24, 2.45) is 5.92 Å². The molecular formula is C16H20N2O3. The van der Waals surface area contributed by atoms with Gasteiger partial charge in [0.25, 0.3) is 0 Å². The number of aliphatic carboxylic acids is 1. The summed E-state index contributed by atoms with van der Waals surface area (Å²) in [5.41, 5.74) is 2.48. The number of carbonyl (C=O) groups excluding carboxylic acids is 1. The van der Waals surface area contributed by atoms with E-state index in [4.69, 9.17) is 5.11 Å². The molecule has 1 atom stereocenters. The SMILES string of the molecule is O=C(O)CC(NC(=O)N1CCc2ccccc2C1)C1CC1. The first-order valence-electron chi connectivity index (χ1n) is 7.47. The highest BCUT2D eigenvalue weighted by molar-refractivity contribution is 5.76. The lowest BCUT2D eigenvalue weighted by Crippen LogP contribution is -2.48. The molecule has 0 saturated heterocycles. The molecule has 1 saturated carbocycles. The summed E-state index contributed by atoms with van der Waals surface area (Å²) in [4.78, 5) is 25.0. The first-order chi connectivity index (χ1) is 10.1. The van der Waals surface area contributed by atoms with Crippen molar-refractivity contribution in [1.29, 1.82) is 0 Å². The van der Waals surface area contributed by atoms with Crippen molar-refractivity contribution in [1.82, 2.24) is 10.2 Å². The van der Waals surface area contributed by atoms with Crippen molar-refractivity contribution >= 4 is 12.0 Å². The second-order valence-corrected chi connectivity index (χ2v) is 5.93. The Morgan fingerprint density at radius 2 is 2.00 bits per heavy atom. The van der Waals surface area contributed by atoms with Gasteiger partial charge in [0, 0.05) is 19.1 Å². The zero-order chi connectivity index (χ0) is 14.8. The Balaban J connectivity index is 1.62. The van der Waals surface area contributed by atoms with Crippen molar-refractivity contribution in [3.8, 4) is 0 Å². The Hall–Kier alpha value is -2.04. The van der Waals surface area contributed by atoms with Crippen LogP contribution in [0.25, 0.3) is 0 Å². The molecule has 1 aliphatic heterocycles. The third-order valence-corrected chi connectivity index (χ3v) is 4.31. The maximum Gasteiger partial charge on any atom is 0.317 e. The Bertz CT molecular complexity index is 554. The van der Waals surface area contributed by atoms with Crippen molar-refractivity contribution in [2.75, 3.05) is 6.54 Å². The highest BCUT2D eigenvalue weighted by Gasteiger charge is 2.34. The second-order valence-electron chi connectivity index (χ2n) is 5.93. The van der Waals surface area contributed by atoms with Gasteiger partial charge in [0.2, 0.25) is 0 Å². The fraction of sp³-hybridized carbons (Fsp3) is 0.500. The van der Waals surface area contributed by atoms with E-state index in [1.165, 1.54) is 11.1 Å². The maximum atomic E-state index is 12.4. The smallest absolute Gasteiger partial charge is 0.317 e. The summed E-state index contributed by atoms with van der Waals surface area (Å²) in [6, 6.07) is 7.78. The van der Waals surface area contributed by atoms with Crippen LogP contribution < -0.4 is 5.32 Å². The molecular weight excluding hydrogens is 268 g/mol. The van der Waals surface area contributed by atoms with Gasteiger partial charge >= 0.3 is 12.0 Å². The number of rotatable bonds is 4. The van der Waals surface area contributed by atoms with Crippen LogP contribution in [0.2, 0.25) is 0 Å². The molecule has 2 amide bonds. The summed E-state index contributed by atoms with van der Waals surface area (Å²) >= 11 is 0.